The number of benzene rings is 1. The predicted octanol–water partition coefficient (Wildman–Crippen LogP) is 1.81. The van der Waals surface area contributed by atoms with Crippen LogP contribution in [-0.4, -0.2) is 11.0 Å². The molecule has 74 valence electrons. The van der Waals surface area contributed by atoms with Crippen LogP contribution >= 0.6 is 15.9 Å². The first-order valence-corrected chi connectivity index (χ1v) is 4.21. The second-order valence-corrected chi connectivity index (χ2v) is 3.21. The standard InChI is InChI=1S/C7H5BrN2O4/c8-4-1-2-5(10(12)13)6(3-4)14-7(9)11/h1-3H,(H2,9,11). The van der Waals surface area contributed by atoms with Crippen molar-refractivity contribution in [2.75, 3.05) is 0 Å². The van der Waals surface area contributed by atoms with E-state index in [1.807, 2.05) is 0 Å². The quantitative estimate of drug-likeness (QED) is 0.648. The number of ether oxygens (including phenoxy) is 1. The number of carbonyl (C=O) groups is 1. The van der Waals surface area contributed by atoms with Crippen LogP contribution in [0.15, 0.2) is 22.7 Å². The van der Waals surface area contributed by atoms with Crippen molar-refractivity contribution in [2.45, 2.75) is 0 Å². The van der Waals surface area contributed by atoms with Crippen molar-refractivity contribution in [3.63, 3.8) is 0 Å². The van der Waals surface area contributed by atoms with Crippen LogP contribution in [0.2, 0.25) is 0 Å². The van der Waals surface area contributed by atoms with Gasteiger partial charge in [-0.15, -0.1) is 0 Å². The minimum Gasteiger partial charge on any atom is -0.403 e. The molecule has 1 aromatic rings. The molecule has 0 aromatic heterocycles. The summed E-state index contributed by atoms with van der Waals surface area (Å²) in [4.78, 5) is 20.2. The molecule has 2 N–H and O–H groups in total. The summed E-state index contributed by atoms with van der Waals surface area (Å²) in [6.45, 7) is 0. The van der Waals surface area contributed by atoms with E-state index in [1.165, 1.54) is 18.2 Å². The molecule has 0 radical (unpaired) electrons. The summed E-state index contributed by atoms with van der Waals surface area (Å²) in [6.07, 6.45) is -1.09. The second kappa shape index (κ2) is 4.05. The number of rotatable bonds is 2. The van der Waals surface area contributed by atoms with Crippen LogP contribution in [0.1, 0.15) is 0 Å². The first-order valence-electron chi connectivity index (χ1n) is 3.42. The van der Waals surface area contributed by atoms with Crippen LogP contribution in [0.4, 0.5) is 10.5 Å². The second-order valence-electron chi connectivity index (χ2n) is 2.29. The molecular weight excluding hydrogens is 256 g/mol. The minimum absolute atomic E-state index is 0.183. The topological polar surface area (TPSA) is 95.5 Å². The maximum Gasteiger partial charge on any atom is 0.410 e. The van der Waals surface area contributed by atoms with Crippen LogP contribution < -0.4 is 10.5 Å². The third-order valence-corrected chi connectivity index (χ3v) is 1.82. The Kier molecular flexibility index (Phi) is 3.03. The Labute approximate surface area is 86.9 Å². The van der Waals surface area contributed by atoms with E-state index in [-0.39, 0.29) is 11.4 Å². The zero-order valence-electron chi connectivity index (χ0n) is 6.77. The van der Waals surface area contributed by atoms with Gasteiger partial charge >= 0.3 is 11.8 Å². The van der Waals surface area contributed by atoms with Crippen LogP contribution in [0, 0.1) is 10.1 Å². The van der Waals surface area contributed by atoms with Crippen molar-refractivity contribution in [3.8, 4) is 5.75 Å². The van der Waals surface area contributed by atoms with E-state index in [9.17, 15) is 14.9 Å². The van der Waals surface area contributed by atoms with E-state index < -0.39 is 11.0 Å². The van der Waals surface area contributed by atoms with Gasteiger partial charge in [0, 0.05) is 16.6 Å². The van der Waals surface area contributed by atoms with Gasteiger partial charge in [-0.25, -0.2) is 4.79 Å². The SMILES string of the molecule is NC(=O)Oc1cc(Br)ccc1[N+](=O)[O-]. The zero-order valence-corrected chi connectivity index (χ0v) is 8.35. The molecule has 0 saturated carbocycles. The Morgan fingerprint density at radius 3 is 2.71 bits per heavy atom. The van der Waals surface area contributed by atoms with Gasteiger partial charge in [0.05, 0.1) is 4.92 Å². The van der Waals surface area contributed by atoms with Gasteiger partial charge in [-0.2, -0.15) is 0 Å². The van der Waals surface area contributed by atoms with Gasteiger partial charge in [0.25, 0.3) is 0 Å². The summed E-state index contributed by atoms with van der Waals surface area (Å²) in [5.74, 6) is -0.183. The molecule has 0 bridgehead atoms. The Hall–Kier alpha value is -1.63. The van der Waals surface area contributed by atoms with Crippen molar-refractivity contribution in [2.24, 2.45) is 5.73 Å². The molecule has 0 atom stereocenters. The lowest BCUT2D eigenvalue weighted by atomic mass is 10.3. The lowest BCUT2D eigenvalue weighted by molar-refractivity contribution is -0.385. The molecule has 0 saturated heterocycles. The number of nitrogens with zero attached hydrogens (tertiary/aromatic N) is 1. The molecule has 1 rings (SSSR count). The first kappa shape index (κ1) is 10.5. The maximum absolute atomic E-state index is 10.5. The number of amides is 1. The summed E-state index contributed by atoms with van der Waals surface area (Å²) >= 11 is 3.08. The third kappa shape index (κ3) is 2.43. The predicted molar refractivity (Wildman–Crippen MR) is 51.0 cm³/mol. The fraction of sp³-hybridized carbons (Fsp3) is 0. The monoisotopic (exact) mass is 260 g/mol. The van der Waals surface area contributed by atoms with Gasteiger partial charge < -0.3 is 10.5 Å². The van der Waals surface area contributed by atoms with Crippen molar-refractivity contribution < 1.29 is 14.5 Å². The van der Waals surface area contributed by atoms with E-state index in [2.05, 4.69) is 20.7 Å². The summed E-state index contributed by atoms with van der Waals surface area (Å²) in [6, 6.07) is 3.97. The summed E-state index contributed by atoms with van der Waals surface area (Å²) in [7, 11) is 0. The Balaban J connectivity index is 3.15. The molecule has 0 heterocycles. The number of nitro benzene ring substituents is 1. The molecule has 1 aromatic carbocycles. The van der Waals surface area contributed by atoms with Crippen LogP contribution in [0.5, 0.6) is 5.75 Å². The Morgan fingerprint density at radius 2 is 2.21 bits per heavy atom. The Morgan fingerprint density at radius 1 is 1.57 bits per heavy atom. The van der Waals surface area contributed by atoms with E-state index in [0.29, 0.717) is 4.47 Å². The average molecular weight is 261 g/mol. The van der Waals surface area contributed by atoms with Crippen LogP contribution in [-0.2, 0) is 0 Å². The van der Waals surface area contributed by atoms with Gasteiger partial charge in [0.15, 0.2) is 0 Å². The van der Waals surface area contributed by atoms with E-state index >= 15 is 0 Å². The lowest BCUT2D eigenvalue weighted by Crippen LogP contribution is -2.16. The fourth-order valence-electron chi connectivity index (χ4n) is 0.829. The minimum atomic E-state index is -1.09. The maximum atomic E-state index is 10.5. The smallest absolute Gasteiger partial charge is 0.403 e. The van der Waals surface area contributed by atoms with Crippen molar-refractivity contribution in [1.82, 2.24) is 0 Å². The number of primary amides is 1. The normalized spacial score (nSPS) is 9.50. The van der Waals surface area contributed by atoms with Crippen molar-refractivity contribution >= 4 is 27.7 Å². The van der Waals surface area contributed by atoms with Gasteiger partial charge in [0.2, 0.25) is 5.75 Å². The fourth-order valence-corrected chi connectivity index (χ4v) is 1.17. The molecule has 0 aliphatic carbocycles. The molecule has 6 nitrogen and oxygen atoms in total. The van der Waals surface area contributed by atoms with Crippen LogP contribution in [0.3, 0.4) is 0 Å². The number of hydrogen-bond acceptors (Lipinski definition) is 4. The van der Waals surface area contributed by atoms with Gasteiger partial charge in [-0.1, -0.05) is 15.9 Å². The highest BCUT2D eigenvalue weighted by Crippen LogP contribution is 2.29. The summed E-state index contributed by atoms with van der Waals surface area (Å²) in [5, 5.41) is 10.5. The highest BCUT2D eigenvalue weighted by atomic mass is 79.9. The molecule has 14 heavy (non-hydrogen) atoms. The van der Waals surface area contributed by atoms with Gasteiger partial charge in [-0.3, -0.25) is 10.1 Å². The molecule has 1 amide bonds. The lowest BCUT2D eigenvalue weighted by Gasteiger charge is -2.01. The zero-order chi connectivity index (χ0) is 10.7. The molecule has 7 heteroatoms. The first-order chi connectivity index (χ1) is 6.50. The van der Waals surface area contributed by atoms with Gasteiger partial charge in [0.1, 0.15) is 0 Å². The largest absolute Gasteiger partial charge is 0.410 e. The highest BCUT2D eigenvalue weighted by Gasteiger charge is 2.16. The summed E-state index contributed by atoms with van der Waals surface area (Å²) < 4.78 is 5.01. The molecule has 0 spiro atoms. The molecular formula is C7H5BrN2O4. The molecule has 0 unspecified atom stereocenters. The number of halogens is 1. The van der Waals surface area contributed by atoms with Crippen LogP contribution in [0.25, 0.3) is 0 Å². The van der Waals surface area contributed by atoms with Gasteiger partial charge in [-0.05, 0) is 6.07 Å². The molecule has 0 aliphatic rings. The Bertz CT molecular complexity index is 393. The van der Waals surface area contributed by atoms with E-state index in [4.69, 9.17) is 5.73 Å². The number of carbonyl (C=O) groups excluding carboxylic acids is 1. The number of nitro groups is 1. The van der Waals surface area contributed by atoms with E-state index in [0.717, 1.165) is 0 Å². The number of nitrogens with two attached hydrogens (primary N) is 1. The average Bonchev–Trinajstić information content (AvgIpc) is 2.01. The number of hydrogen-bond donors (Lipinski definition) is 1. The summed E-state index contributed by atoms with van der Waals surface area (Å²) in [5.41, 5.74) is 4.43. The molecule has 0 fully saturated rings. The van der Waals surface area contributed by atoms with Crippen molar-refractivity contribution in [1.29, 1.82) is 0 Å². The third-order valence-electron chi connectivity index (χ3n) is 1.33. The van der Waals surface area contributed by atoms with Crippen molar-refractivity contribution in [3.05, 3.63) is 32.8 Å². The molecule has 0 aliphatic heterocycles. The highest BCUT2D eigenvalue weighted by molar-refractivity contribution is 9.10. The van der Waals surface area contributed by atoms with E-state index in [1.54, 1.807) is 0 Å².